The van der Waals surface area contributed by atoms with E-state index >= 15 is 0 Å². The van der Waals surface area contributed by atoms with Crippen molar-refractivity contribution in [3.8, 4) is 0 Å². The molecule has 2 aliphatic rings. The van der Waals surface area contributed by atoms with E-state index in [0.717, 1.165) is 70.8 Å². The number of aliphatic hydroxyl groups is 1. The molecular weight excluding hydrogens is 499 g/mol. The molecule has 0 aromatic rings. The van der Waals surface area contributed by atoms with Crippen LogP contribution in [0, 0.1) is 11.3 Å². The molecule has 0 radical (unpaired) electrons. The Labute approximate surface area is 198 Å². The third kappa shape index (κ3) is 9.13. The van der Waals surface area contributed by atoms with Gasteiger partial charge in [0.25, 0.3) is 0 Å². The van der Waals surface area contributed by atoms with Crippen molar-refractivity contribution < 1.29 is 19.4 Å². The molecule has 0 aromatic heterocycles. The van der Waals surface area contributed by atoms with Gasteiger partial charge in [-0.05, 0) is 58.8 Å². The van der Waals surface area contributed by atoms with E-state index in [1.165, 1.54) is 0 Å². The third-order valence-electron chi connectivity index (χ3n) is 5.70. The average molecular weight is 540 g/mol. The zero-order chi connectivity index (χ0) is 21.3. The van der Waals surface area contributed by atoms with Crippen LogP contribution in [0.2, 0.25) is 0 Å². The minimum Gasteiger partial charge on any atom is -0.444 e. The number of carbonyl (C=O) groups excluding carboxylic acids is 1. The van der Waals surface area contributed by atoms with E-state index in [0.29, 0.717) is 12.5 Å². The molecule has 3 N–H and O–H groups in total. The van der Waals surface area contributed by atoms with E-state index < -0.39 is 5.60 Å². The molecule has 2 rings (SSSR count). The molecule has 0 spiro atoms. The molecule has 1 amide bonds. The van der Waals surface area contributed by atoms with Gasteiger partial charge in [-0.1, -0.05) is 0 Å². The van der Waals surface area contributed by atoms with Crippen LogP contribution in [0.25, 0.3) is 0 Å². The molecule has 2 heterocycles. The van der Waals surface area contributed by atoms with Gasteiger partial charge in [0.1, 0.15) is 5.60 Å². The highest BCUT2D eigenvalue weighted by Gasteiger charge is 2.34. The van der Waals surface area contributed by atoms with Gasteiger partial charge >= 0.3 is 6.09 Å². The van der Waals surface area contributed by atoms with Crippen LogP contribution in [0.3, 0.4) is 0 Å². The van der Waals surface area contributed by atoms with E-state index in [2.05, 4.69) is 15.6 Å². The average Bonchev–Trinajstić information content (AvgIpc) is 3.12. The molecule has 0 saturated carbocycles. The van der Waals surface area contributed by atoms with Crippen LogP contribution >= 0.6 is 24.0 Å². The number of piperidine rings is 1. The molecule has 176 valence electrons. The summed E-state index contributed by atoms with van der Waals surface area (Å²) in [5.41, 5.74) is -0.467. The number of guanidine groups is 1. The highest BCUT2D eigenvalue weighted by molar-refractivity contribution is 14.0. The highest BCUT2D eigenvalue weighted by atomic mass is 127. The number of aliphatic hydroxyl groups excluding tert-OH is 1. The number of ether oxygens (including phenoxy) is 2. The van der Waals surface area contributed by atoms with E-state index in [1.807, 2.05) is 25.7 Å². The Morgan fingerprint density at radius 1 is 1.37 bits per heavy atom. The van der Waals surface area contributed by atoms with Crippen LogP contribution in [-0.2, 0) is 9.47 Å². The summed E-state index contributed by atoms with van der Waals surface area (Å²) in [6.07, 6.45) is 4.61. The first-order chi connectivity index (χ1) is 13.8. The van der Waals surface area contributed by atoms with Crippen molar-refractivity contribution in [2.24, 2.45) is 16.3 Å². The van der Waals surface area contributed by atoms with Crippen LogP contribution in [-0.4, -0.2) is 80.7 Å². The Hall–Kier alpha value is -0.810. The van der Waals surface area contributed by atoms with Gasteiger partial charge < -0.3 is 30.1 Å². The number of nitrogens with one attached hydrogen (secondary N) is 2. The lowest BCUT2D eigenvalue weighted by molar-refractivity contribution is 0.0162. The number of amides is 1. The lowest BCUT2D eigenvalue weighted by Gasteiger charge is -2.34. The van der Waals surface area contributed by atoms with Crippen LogP contribution < -0.4 is 10.6 Å². The largest absolute Gasteiger partial charge is 0.444 e. The Bertz CT molecular complexity index is 548. The van der Waals surface area contributed by atoms with Gasteiger partial charge in [-0.2, -0.15) is 0 Å². The zero-order valence-corrected chi connectivity index (χ0v) is 21.4. The monoisotopic (exact) mass is 540 g/mol. The van der Waals surface area contributed by atoms with E-state index in [1.54, 1.807) is 7.05 Å². The smallest absolute Gasteiger partial charge is 0.410 e. The summed E-state index contributed by atoms with van der Waals surface area (Å²) < 4.78 is 11.1. The fourth-order valence-electron chi connectivity index (χ4n) is 3.99. The lowest BCUT2D eigenvalue weighted by atomic mass is 9.84. The summed E-state index contributed by atoms with van der Waals surface area (Å²) >= 11 is 0. The second kappa shape index (κ2) is 12.9. The Morgan fingerprint density at radius 3 is 2.73 bits per heavy atom. The third-order valence-corrected chi connectivity index (χ3v) is 5.70. The number of carbonyl (C=O) groups is 1. The molecule has 0 bridgehead atoms. The number of aliphatic imine (C=N–C) groups is 1. The minimum absolute atomic E-state index is 0. The normalized spacial score (nSPS) is 24.9. The molecule has 2 unspecified atom stereocenters. The maximum absolute atomic E-state index is 12.3. The molecule has 2 atom stereocenters. The Kier molecular flexibility index (Phi) is 11.7. The van der Waals surface area contributed by atoms with Crippen molar-refractivity contribution in [2.75, 3.05) is 53.0 Å². The van der Waals surface area contributed by atoms with Gasteiger partial charge in [0.05, 0.1) is 6.61 Å². The maximum Gasteiger partial charge on any atom is 0.410 e. The first-order valence-corrected chi connectivity index (χ1v) is 10.9. The van der Waals surface area contributed by atoms with Crippen molar-refractivity contribution in [1.82, 2.24) is 15.5 Å². The molecular formula is C21H41IN4O4. The summed E-state index contributed by atoms with van der Waals surface area (Å²) in [7, 11) is 1.77. The maximum atomic E-state index is 12.3. The Balaban J connectivity index is 0.00000450. The van der Waals surface area contributed by atoms with Crippen molar-refractivity contribution >= 4 is 36.0 Å². The number of halogens is 1. The summed E-state index contributed by atoms with van der Waals surface area (Å²) in [5.74, 6) is 1.24. The minimum atomic E-state index is -0.457. The van der Waals surface area contributed by atoms with Gasteiger partial charge in [0.2, 0.25) is 0 Å². The van der Waals surface area contributed by atoms with Crippen LogP contribution in [0.5, 0.6) is 0 Å². The number of likely N-dealkylation sites (tertiary alicyclic amines) is 1. The molecule has 8 nitrogen and oxygen atoms in total. The van der Waals surface area contributed by atoms with E-state index in [9.17, 15) is 9.90 Å². The lowest BCUT2D eigenvalue weighted by Crippen LogP contribution is -2.46. The standard InChI is InChI=1S/C21H40N4O4.HI/c1-20(2,3)29-19(27)25-11-5-6-17(14-25)7-10-23-18(22-4)24-15-21(8-12-26)9-13-28-16-21;/h17,26H,5-16H2,1-4H3,(H2,22,23,24);1H. The summed E-state index contributed by atoms with van der Waals surface area (Å²) in [4.78, 5) is 18.5. The fraction of sp³-hybridized carbons (Fsp3) is 0.905. The molecule has 0 aliphatic carbocycles. The SMILES string of the molecule is CN=C(NCCC1CCCN(C(=O)OC(C)(C)C)C1)NCC1(CCO)CCOC1.I. The van der Waals surface area contributed by atoms with Gasteiger partial charge in [-0.3, -0.25) is 4.99 Å². The molecule has 2 aliphatic heterocycles. The van der Waals surface area contributed by atoms with Crippen molar-refractivity contribution in [3.63, 3.8) is 0 Å². The van der Waals surface area contributed by atoms with Crippen molar-refractivity contribution in [2.45, 2.75) is 58.5 Å². The van der Waals surface area contributed by atoms with Gasteiger partial charge in [-0.15, -0.1) is 24.0 Å². The Morgan fingerprint density at radius 2 is 2.13 bits per heavy atom. The van der Waals surface area contributed by atoms with Crippen LogP contribution in [0.15, 0.2) is 4.99 Å². The van der Waals surface area contributed by atoms with E-state index in [4.69, 9.17) is 9.47 Å². The number of rotatable bonds is 7. The molecule has 0 aromatic carbocycles. The number of nitrogens with zero attached hydrogens (tertiary/aromatic N) is 2. The van der Waals surface area contributed by atoms with Gasteiger partial charge in [-0.25, -0.2) is 4.79 Å². The number of hydrogen-bond acceptors (Lipinski definition) is 5. The molecule has 30 heavy (non-hydrogen) atoms. The fourth-order valence-corrected chi connectivity index (χ4v) is 3.99. The van der Waals surface area contributed by atoms with Gasteiger partial charge in [0.15, 0.2) is 5.96 Å². The van der Waals surface area contributed by atoms with E-state index in [-0.39, 0.29) is 42.1 Å². The van der Waals surface area contributed by atoms with Crippen LogP contribution in [0.1, 0.15) is 52.9 Å². The first-order valence-electron chi connectivity index (χ1n) is 10.9. The predicted octanol–water partition coefficient (Wildman–Crippen LogP) is 2.60. The zero-order valence-electron chi connectivity index (χ0n) is 19.0. The quantitative estimate of drug-likeness (QED) is 0.261. The molecule has 2 saturated heterocycles. The van der Waals surface area contributed by atoms with Gasteiger partial charge in [0, 0.05) is 51.9 Å². The second-order valence-corrected chi connectivity index (χ2v) is 9.35. The molecule has 2 fully saturated rings. The number of hydrogen-bond donors (Lipinski definition) is 3. The first kappa shape index (κ1) is 27.2. The van der Waals surface area contributed by atoms with Crippen molar-refractivity contribution in [1.29, 1.82) is 0 Å². The molecule has 9 heteroatoms. The predicted molar refractivity (Wildman–Crippen MR) is 129 cm³/mol. The highest BCUT2D eigenvalue weighted by Crippen LogP contribution is 2.31. The summed E-state index contributed by atoms with van der Waals surface area (Å²) in [6.45, 7) is 10.4. The summed E-state index contributed by atoms with van der Waals surface area (Å²) in [6, 6.07) is 0. The van der Waals surface area contributed by atoms with Crippen molar-refractivity contribution in [3.05, 3.63) is 0 Å². The topological polar surface area (TPSA) is 95.4 Å². The van der Waals surface area contributed by atoms with Crippen LogP contribution in [0.4, 0.5) is 4.79 Å². The summed E-state index contributed by atoms with van der Waals surface area (Å²) in [5, 5.41) is 16.1. The second-order valence-electron chi connectivity index (χ2n) is 9.35.